The first-order chi connectivity index (χ1) is 8.93. The van der Waals surface area contributed by atoms with E-state index in [1.165, 1.54) is 0 Å². The Balaban J connectivity index is 0.00000133. The predicted octanol–water partition coefficient (Wildman–Crippen LogP) is 3.81. The van der Waals surface area contributed by atoms with Gasteiger partial charge >= 0.3 is 20.1 Å². The van der Waals surface area contributed by atoms with Crippen molar-refractivity contribution in [3.8, 4) is 22.5 Å². The van der Waals surface area contributed by atoms with E-state index in [2.05, 4.69) is 34.2 Å². The van der Waals surface area contributed by atoms with Gasteiger partial charge in [0.25, 0.3) is 0 Å². The van der Waals surface area contributed by atoms with Crippen LogP contribution in [0, 0.1) is 0 Å². The van der Waals surface area contributed by atoms with E-state index in [0.717, 1.165) is 22.5 Å². The molecule has 2 aromatic carbocycles. The zero-order valence-corrected chi connectivity index (χ0v) is 12.6. The molecule has 1 aromatic heterocycles. The second kappa shape index (κ2) is 6.37. The molecule has 3 heteroatoms. The van der Waals surface area contributed by atoms with E-state index in [1.54, 1.807) is 6.33 Å². The Hall–Kier alpha value is -1.83. The van der Waals surface area contributed by atoms with Gasteiger partial charge < -0.3 is 0 Å². The molecule has 92 valence electrons. The molecule has 1 heterocycles. The summed E-state index contributed by atoms with van der Waals surface area (Å²) in [5.74, 6) is 0. The molecule has 0 amide bonds. The van der Waals surface area contributed by atoms with Crippen molar-refractivity contribution in [3.63, 3.8) is 0 Å². The minimum absolute atomic E-state index is 0. The summed E-state index contributed by atoms with van der Waals surface area (Å²) >= 11 is 0. The van der Waals surface area contributed by atoms with Gasteiger partial charge in [0.2, 0.25) is 0 Å². The van der Waals surface area contributed by atoms with Crippen LogP contribution in [0.5, 0.6) is 0 Å². The Kier molecular flexibility index (Phi) is 4.56. The molecule has 0 unspecified atom stereocenters. The van der Waals surface area contributed by atoms with Crippen LogP contribution in [0.3, 0.4) is 0 Å². The Labute approximate surface area is 125 Å². The third-order valence-electron chi connectivity index (χ3n) is 2.81. The molecular formula is C16H12IrN2+3. The summed E-state index contributed by atoms with van der Waals surface area (Å²) in [4.78, 5) is 8.65. The Morgan fingerprint density at radius 2 is 1.00 bits per heavy atom. The number of nitrogens with zero attached hydrogens (tertiary/aromatic N) is 2. The van der Waals surface area contributed by atoms with Crippen LogP contribution in [0.4, 0.5) is 0 Å². The molecule has 0 fully saturated rings. The van der Waals surface area contributed by atoms with Crippen molar-refractivity contribution in [2.75, 3.05) is 0 Å². The van der Waals surface area contributed by atoms with Crippen LogP contribution in [-0.2, 0) is 20.1 Å². The minimum atomic E-state index is 0. The Morgan fingerprint density at radius 3 is 1.42 bits per heavy atom. The van der Waals surface area contributed by atoms with E-state index in [0.29, 0.717) is 0 Å². The molecule has 3 rings (SSSR count). The van der Waals surface area contributed by atoms with Crippen molar-refractivity contribution < 1.29 is 20.1 Å². The second-order valence-electron chi connectivity index (χ2n) is 4.02. The van der Waals surface area contributed by atoms with Crippen molar-refractivity contribution >= 4 is 0 Å². The molecule has 0 spiro atoms. The van der Waals surface area contributed by atoms with E-state index in [9.17, 15) is 0 Å². The molecule has 0 bridgehead atoms. The van der Waals surface area contributed by atoms with Crippen molar-refractivity contribution in [2.24, 2.45) is 0 Å². The summed E-state index contributed by atoms with van der Waals surface area (Å²) in [7, 11) is 0. The summed E-state index contributed by atoms with van der Waals surface area (Å²) in [6.07, 6.45) is 1.62. The largest absolute Gasteiger partial charge is 3.00 e. The zero-order chi connectivity index (χ0) is 12.2. The van der Waals surface area contributed by atoms with Crippen LogP contribution in [-0.4, -0.2) is 9.97 Å². The van der Waals surface area contributed by atoms with Gasteiger partial charge in [-0.25, -0.2) is 9.97 Å². The van der Waals surface area contributed by atoms with Gasteiger partial charge in [-0.05, 0) is 6.07 Å². The van der Waals surface area contributed by atoms with Crippen LogP contribution >= 0.6 is 0 Å². The van der Waals surface area contributed by atoms with Gasteiger partial charge in [-0.3, -0.25) is 0 Å². The molecule has 0 aliphatic rings. The van der Waals surface area contributed by atoms with Crippen LogP contribution in [0.2, 0.25) is 0 Å². The molecule has 0 N–H and O–H groups in total. The monoisotopic (exact) mass is 425 g/mol. The van der Waals surface area contributed by atoms with E-state index in [4.69, 9.17) is 0 Å². The normalized spacial score (nSPS) is 9.68. The fraction of sp³-hybridized carbons (Fsp3) is 0. The van der Waals surface area contributed by atoms with Gasteiger partial charge in [-0.1, -0.05) is 60.7 Å². The first-order valence-electron chi connectivity index (χ1n) is 5.86. The van der Waals surface area contributed by atoms with E-state index >= 15 is 0 Å². The molecule has 0 radical (unpaired) electrons. The summed E-state index contributed by atoms with van der Waals surface area (Å²) in [6, 6.07) is 22.3. The van der Waals surface area contributed by atoms with Crippen molar-refractivity contribution in [2.45, 2.75) is 0 Å². The molecule has 0 atom stereocenters. The first kappa shape index (κ1) is 13.6. The molecule has 3 aromatic rings. The Bertz CT molecular complexity index is 584. The average molecular weight is 425 g/mol. The number of benzene rings is 2. The molecule has 2 nitrogen and oxygen atoms in total. The predicted molar refractivity (Wildman–Crippen MR) is 72.9 cm³/mol. The average Bonchev–Trinajstić information content (AvgIpc) is 2.49. The van der Waals surface area contributed by atoms with E-state index in [-0.39, 0.29) is 20.1 Å². The smallest absolute Gasteiger partial charge is 0.236 e. The molecule has 0 aliphatic heterocycles. The van der Waals surface area contributed by atoms with Gasteiger partial charge in [0.15, 0.2) is 0 Å². The fourth-order valence-corrected chi connectivity index (χ4v) is 1.89. The van der Waals surface area contributed by atoms with Gasteiger partial charge in [0.1, 0.15) is 6.33 Å². The maximum Gasteiger partial charge on any atom is 3.00 e. The second-order valence-corrected chi connectivity index (χ2v) is 4.02. The molecule has 0 aliphatic carbocycles. The summed E-state index contributed by atoms with van der Waals surface area (Å²) in [5, 5.41) is 0. The summed E-state index contributed by atoms with van der Waals surface area (Å²) in [5.41, 5.74) is 4.11. The number of hydrogen-bond donors (Lipinski definition) is 0. The van der Waals surface area contributed by atoms with Gasteiger partial charge in [-0.2, -0.15) is 0 Å². The number of aromatic nitrogens is 2. The molecular weight excluding hydrogens is 412 g/mol. The third kappa shape index (κ3) is 3.14. The van der Waals surface area contributed by atoms with Crippen molar-refractivity contribution in [1.82, 2.24) is 9.97 Å². The van der Waals surface area contributed by atoms with Crippen LogP contribution in [0.1, 0.15) is 0 Å². The van der Waals surface area contributed by atoms with Crippen LogP contribution < -0.4 is 0 Å². The maximum absolute atomic E-state index is 4.32. The van der Waals surface area contributed by atoms with Gasteiger partial charge in [-0.15, -0.1) is 0 Å². The SMILES string of the molecule is [Ir+3].c1ccc(-c2cc(-c3ccccc3)ncn2)cc1. The van der Waals surface area contributed by atoms with Crippen molar-refractivity contribution in [3.05, 3.63) is 73.1 Å². The molecule has 19 heavy (non-hydrogen) atoms. The van der Waals surface area contributed by atoms with Gasteiger partial charge in [0.05, 0.1) is 11.4 Å². The van der Waals surface area contributed by atoms with Crippen LogP contribution in [0.15, 0.2) is 73.1 Å². The first-order valence-corrected chi connectivity index (χ1v) is 5.86. The summed E-state index contributed by atoms with van der Waals surface area (Å²) in [6.45, 7) is 0. The fourth-order valence-electron chi connectivity index (χ4n) is 1.89. The zero-order valence-electron chi connectivity index (χ0n) is 10.2. The molecule has 0 saturated carbocycles. The number of rotatable bonds is 2. The number of hydrogen-bond acceptors (Lipinski definition) is 2. The van der Waals surface area contributed by atoms with E-state index in [1.807, 2.05) is 42.5 Å². The Morgan fingerprint density at radius 1 is 0.579 bits per heavy atom. The van der Waals surface area contributed by atoms with Crippen LogP contribution in [0.25, 0.3) is 22.5 Å². The standard InChI is InChI=1S/C16H12N2.Ir/c1-3-7-13(8-4-1)15-11-16(18-12-17-15)14-9-5-2-6-10-14;/h1-12H;/q;+3. The maximum atomic E-state index is 4.32. The van der Waals surface area contributed by atoms with Crippen molar-refractivity contribution in [1.29, 1.82) is 0 Å². The summed E-state index contributed by atoms with van der Waals surface area (Å²) < 4.78 is 0. The minimum Gasteiger partial charge on any atom is -0.236 e. The topological polar surface area (TPSA) is 25.8 Å². The molecule has 0 saturated heterocycles. The quantitative estimate of drug-likeness (QED) is 0.625. The third-order valence-corrected chi connectivity index (χ3v) is 2.81. The van der Waals surface area contributed by atoms with E-state index < -0.39 is 0 Å². The van der Waals surface area contributed by atoms with Gasteiger partial charge in [0, 0.05) is 11.1 Å².